The highest BCUT2D eigenvalue weighted by molar-refractivity contribution is 5.91. The predicted molar refractivity (Wildman–Crippen MR) is 65.0 cm³/mol. The summed E-state index contributed by atoms with van der Waals surface area (Å²) in [4.78, 5) is 24.6. The van der Waals surface area contributed by atoms with Gasteiger partial charge in [-0.3, -0.25) is 9.59 Å². The van der Waals surface area contributed by atoms with Crippen molar-refractivity contribution in [3.05, 3.63) is 28.2 Å². The Hall–Kier alpha value is -1.69. The third kappa shape index (κ3) is 4.36. The van der Waals surface area contributed by atoms with Gasteiger partial charge in [-0.25, -0.2) is 5.10 Å². The van der Waals surface area contributed by atoms with Gasteiger partial charge in [-0.2, -0.15) is 5.10 Å². The Morgan fingerprint density at radius 3 is 2.65 bits per heavy atom. The number of hydrogen-bond acceptors (Lipinski definition) is 4. The van der Waals surface area contributed by atoms with E-state index in [4.69, 9.17) is 0 Å². The molecule has 0 bridgehead atoms. The van der Waals surface area contributed by atoms with Crippen LogP contribution in [0.3, 0.4) is 0 Å². The van der Waals surface area contributed by atoms with E-state index in [9.17, 15) is 9.59 Å². The maximum Gasteiger partial charge on any atom is 0.271 e. The van der Waals surface area contributed by atoms with Gasteiger partial charge in [0.2, 0.25) is 0 Å². The molecule has 17 heavy (non-hydrogen) atoms. The van der Waals surface area contributed by atoms with Gasteiger partial charge in [-0.1, -0.05) is 13.8 Å². The highest BCUT2D eigenvalue weighted by atomic mass is 16.2. The maximum absolute atomic E-state index is 11.6. The van der Waals surface area contributed by atoms with Gasteiger partial charge in [0.25, 0.3) is 11.5 Å². The number of hydrogen-bond donors (Lipinski definition) is 2. The SMILES string of the molecule is CCN(CC)CCNC(=O)c1ccc(=O)[nH]n1. The van der Waals surface area contributed by atoms with Crippen LogP contribution in [0.25, 0.3) is 0 Å². The predicted octanol–water partition coefficient (Wildman–Crippen LogP) is -0.158. The fourth-order valence-electron chi connectivity index (χ4n) is 1.43. The molecule has 1 aromatic rings. The van der Waals surface area contributed by atoms with E-state index in [0.29, 0.717) is 6.54 Å². The topological polar surface area (TPSA) is 78.1 Å². The molecule has 0 fully saturated rings. The summed E-state index contributed by atoms with van der Waals surface area (Å²) in [6.07, 6.45) is 0. The molecule has 0 radical (unpaired) electrons. The van der Waals surface area contributed by atoms with Crippen LogP contribution in [-0.2, 0) is 0 Å². The number of nitrogens with zero attached hydrogens (tertiary/aromatic N) is 2. The number of carbonyl (C=O) groups excluding carboxylic acids is 1. The van der Waals surface area contributed by atoms with Crippen LogP contribution in [0.4, 0.5) is 0 Å². The molecule has 6 nitrogen and oxygen atoms in total. The monoisotopic (exact) mass is 238 g/mol. The van der Waals surface area contributed by atoms with Gasteiger partial charge in [0, 0.05) is 19.2 Å². The molecule has 2 N–H and O–H groups in total. The highest BCUT2D eigenvalue weighted by Gasteiger charge is 2.06. The van der Waals surface area contributed by atoms with Gasteiger partial charge in [0.1, 0.15) is 5.69 Å². The van der Waals surface area contributed by atoms with Gasteiger partial charge in [-0.15, -0.1) is 0 Å². The molecule has 6 heteroatoms. The molecule has 0 atom stereocenters. The lowest BCUT2D eigenvalue weighted by molar-refractivity contribution is 0.0943. The van der Waals surface area contributed by atoms with E-state index in [0.717, 1.165) is 19.6 Å². The second-order valence-corrected chi connectivity index (χ2v) is 3.59. The van der Waals surface area contributed by atoms with Crippen LogP contribution in [0.2, 0.25) is 0 Å². The van der Waals surface area contributed by atoms with E-state index in [2.05, 4.69) is 34.3 Å². The molecule has 0 spiro atoms. The largest absolute Gasteiger partial charge is 0.349 e. The summed E-state index contributed by atoms with van der Waals surface area (Å²) in [6, 6.07) is 2.69. The zero-order valence-electron chi connectivity index (χ0n) is 10.2. The smallest absolute Gasteiger partial charge is 0.271 e. The van der Waals surface area contributed by atoms with E-state index in [1.54, 1.807) is 0 Å². The second kappa shape index (κ2) is 6.80. The van der Waals surface area contributed by atoms with Crippen molar-refractivity contribution in [2.24, 2.45) is 0 Å². The Labute approximate surface area is 100 Å². The Morgan fingerprint density at radius 2 is 2.12 bits per heavy atom. The molecule has 1 rings (SSSR count). The Morgan fingerprint density at radius 1 is 1.41 bits per heavy atom. The van der Waals surface area contributed by atoms with Crippen LogP contribution >= 0.6 is 0 Å². The molecular weight excluding hydrogens is 220 g/mol. The number of likely N-dealkylation sites (N-methyl/N-ethyl adjacent to an activating group) is 1. The minimum atomic E-state index is -0.315. The van der Waals surface area contributed by atoms with Crippen LogP contribution < -0.4 is 10.9 Å². The second-order valence-electron chi connectivity index (χ2n) is 3.59. The molecule has 1 heterocycles. The summed E-state index contributed by atoms with van der Waals surface area (Å²) in [5, 5.41) is 8.63. The number of aromatic nitrogens is 2. The molecule has 94 valence electrons. The number of rotatable bonds is 6. The van der Waals surface area contributed by atoms with Crippen LogP contribution in [0.1, 0.15) is 24.3 Å². The molecule has 1 amide bonds. The molecule has 0 saturated carbocycles. The Balaban J connectivity index is 2.39. The van der Waals surface area contributed by atoms with Crippen LogP contribution in [-0.4, -0.2) is 47.2 Å². The molecule has 0 aromatic carbocycles. The summed E-state index contributed by atoms with van der Waals surface area (Å²) in [6.45, 7) is 7.46. The van der Waals surface area contributed by atoms with Crippen molar-refractivity contribution >= 4 is 5.91 Å². The summed E-state index contributed by atoms with van der Waals surface area (Å²) in [7, 11) is 0. The fourth-order valence-corrected chi connectivity index (χ4v) is 1.43. The lowest BCUT2D eigenvalue weighted by Gasteiger charge is -2.17. The van der Waals surface area contributed by atoms with Crippen LogP contribution in [0.15, 0.2) is 16.9 Å². The zero-order valence-corrected chi connectivity index (χ0v) is 10.2. The first-order valence-corrected chi connectivity index (χ1v) is 5.73. The average molecular weight is 238 g/mol. The van der Waals surface area contributed by atoms with Crippen LogP contribution in [0, 0.1) is 0 Å². The van der Waals surface area contributed by atoms with Crippen LogP contribution in [0.5, 0.6) is 0 Å². The summed E-state index contributed by atoms with van der Waals surface area (Å²) in [5.41, 5.74) is -0.0890. The molecular formula is C11H18N4O2. The Bertz CT molecular complexity index is 392. The Kier molecular flexibility index (Phi) is 5.35. The van der Waals surface area contributed by atoms with Gasteiger partial charge in [-0.05, 0) is 19.2 Å². The quantitative estimate of drug-likeness (QED) is 0.722. The number of carbonyl (C=O) groups is 1. The molecule has 0 saturated heterocycles. The summed E-state index contributed by atoms with van der Waals surface area (Å²) in [5.74, 6) is -0.270. The van der Waals surface area contributed by atoms with Gasteiger partial charge in [0.05, 0.1) is 0 Å². The number of aromatic amines is 1. The van der Waals surface area contributed by atoms with E-state index in [1.807, 2.05) is 0 Å². The third-order valence-corrected chi connectivity index (χ3v) is 2.52. The minimum absolute atomic E-state index is 0.226. The lowest BCUT2D eigenvalue weighted by atomic mass is 10.3. The van der Waals surface area contributed by atoms with Crippen molar-refractivity contribution < 1.29 is 4.79 Å². The number of H-pyrrole nitrogens is 1. The normalized spacial score (nSPS) is 10.5. The van der Waals surface area contributed by atoms with E-state index in [-0.39, 0.29) is 17.2 Å². The van der Waals surface area contributed by atoms with Crippen molar-refractivity contribution in [3.63, 3.8) is 0 Å². The van der Waals surface area contributed by atoms with Crippen molar-refractivity contribution in [1.82, 2.24) is 20.4 Å². The lowest BCUT2D eigenvalue weighted by Crippen LogP contribution is -2.35. The van der Waals surface area contributed by atoms with E-state index >= 15 is 0 Å². The summed E-state index contributed by atoms with van der Waals surface area (Å²) < 4.78 is 0. The van der Waals surface area contributed by atoms with Crippen molar-refractivity contribution in [1.29, 1.82) is 0 Å². The van der Waals surface area contributed by atoms with Crippen molar-refractivity contribution in [2.75, 3.05) is 26.2 Å². The molecule has 0 aliphatic heterocycles. The number of nitrogens with one attached hydrogen (secondary N) is 2. The van der Waals surface area contributed by atoms with Crippen molar-refractivity contribution in [3.8, 4) is 0 Å². The van der Waals surface area contributed by atoms with Gasteiger partial charge < -0.3 is 10.2 Å². The average Bonchev–Trinajstić information content (AvgIpc) is 2.35. The summed E-state index contributed by atoms with van der Waals surface area (Å²) >= 11 is 0. The molecule has 1 aromatic heterocycles. The first-order valence-electron chi connectivity index (χ1n) is 5.73. The van der Waals surface area contributed by atoms with E-state index in [1.165, 1.54) is 12.1 Å². The first kappa shape index (κ1) is 13.4. The van der Waals surface area contributed by atoms with Crippen molar-refractivity contribution in [2.45, 2.75) is 13.8 Å². The van der Waals surface area contributed by atoms with Gasteiger partial charge in [0.15, 0.2) is 0 Å². The molecule has 0 unspecified atom stereocenters. The standard InChI is InChI=1S/C11H18N4O2/c1-3-15(4-2)8-7-12-11(17)9-5-6-10(16)14-13-9/h5-6H,3-4,7-8H2,1-2H3,(H,12,17)(H,14,16). The minimum Gasteiger partial charge on any atom is -0.349 e. The zero-order chi connectivity index (χ0) is 12.7. The third-order valence-electron chi connectivity index (χ3n) is 2.52. The number of amides is 1. The molecule has 0 aliphatic carbocycles. The van der Waals surface area contributed by atoms with E-state index < -0.39 is 0 Å². The fraction of sp³-hybridized carbons (Fsp3) is 0.545. The first-order chi connectivity index (χ1) is 8.17. The van der Waals surface area contributed by atoms with Gasteiger partial charge >= 0.3 is 0 Å². The maximum atomic E-state index is 11.6. The molecule has 0 aliphatic rings. The highest BCUT2D eigenvalue weighted by Crippen LogP contribution is 1.89.